The third kappa shape index (κ3) is 4.62. The molecule has 2 aromatic carbocycles. The topological polar surface area (TPSA) is 105 Å². The molecule has 0 aliphatic rings. The average molecular weight is 378 g/mol. The minimum absolute atomic E-state index is 0.0996. The highest BCUT2D eigenvalue weighted by molar-refractivity contribution is 9.10. The van der Waals surface area contributed by atoms with Crippen LogP contribution in [0.3, 0.4) is 0 Å². The Hall–Kier alpha value is -2.74. The van der Waals surface area contributed by atoms with Crippen LogP contribution in [0.2, 0.25) is 0 Å². The second-order valence-electron chi connectivity index (χ2n) is 4.57. The molecule has 0 aromatic heterocycles. The number of rotatable bonds is 5. The summed E-state index contributed by atoms with van der Waals surface area (Å²) < 4.78 is 0.507. The second-order valence-corrected chi connectivity index (χ2v) is 5.42. The summed E-state index contributed by atoms with van der Waals surface area (Å²) in [5.41, 5.74) is 3.19. The van der Waals surface area contributed by atoms with Crippen molar-refractivity contribution in [3.05, 3.63) is 68.2 Å². The Morgan fingerprint density at radius 3 is 2.78 bits per heavy atom. The molecule has 2 aromatic rings. The van der Waals surface area contributed by atoms with Gasteiger partial charge in [-0.15, -0.1) is 0 Å². The van der Waals surface area contributed by atoms with Gasteiger partial charge in [-0.25, -0.2) is 5.43 Å². The van der Waals surface area contributed by atoms with Crippen molar-refractivity contribution in [2.75, 3.05) is 0 Å². The van der Waals surface area contributed by atoms with Gasteiger partial charge in [0.25, 0.3) is 5.69 Å². The van der Waals surface area contributed by atoms with Crippen LogP contribution in [-0.4, -0.2) is 22.2 Å². The molecule has 1 amide bonds. The molecule has 0 aliphatic carbocycles. The van der Waals surface area contributed by atoms with E-state index in [4.69, 9.17) is 0 Å². The van der Waals surface area contributed by atoms with Crippen molar-refractivity contribution < 1.29 is 14.8 Å². The zero-order valence-corrected chi connectivity index (χ0v) is 13.4. The van der Waals surface area contributed by atoms with Crippen molar-refractivity contribution in [2.24, 2.45) is 5.10 Å². The lowest BCUT2D eigenvalue weighted by Crippen LogP contribution is -2.20. The zero-order chi connectivity index (χ0) is 16.8. The molecule has 0 atom stereocenters. The van der Waals surface area contributed by atoms with Gasteiger partial charge in [0.1, 0.15) is 5.75 Å². The van der Waals surface area contributed by atoms with E-state index in [-0.39, 0.29) is 17.9 Å². The first-order valence-electron chi connectivity index (χ1n) is 6.50. The number of halogens is 1. The van der Waals surface area contributed by atoms with E-state index in [0.717, 1.165) is 0 Å². The standard InChI is InChI=1S/C15H12BrN3O4/c16-12-7-10(5-6-14(12)20)9-17-18-15(21)8-11-3-1-2-4-13(11)19(22)23/h1-7,9,20H,8H2,(H,18,21). The number of hydrazone groups is 1. The molecule has 23 heavy (non-hydrogen) atoms. The molecule has 0 fully saturated rings. The highest BCUT2D eigenvalue weighted by atomic mass is 79.9. The molecule has 118 valence electrons. The van der Waals surface area contributed by atoms with E-state index in [1.54, 1.807) is 24.3 Å². The number of para-hydroxylation sites is 1. The van der Waals surface area contributed by atoms with E-state index in [9.17, 15) is 20.0 Å². The molecule has 0 radical (unpaired) electrons. The molecule has 0 aliphatic heterocycles. The third-order valence-electron chi connectivity index (χ3n) is 2.91. The number of phenols is 1. The Kier molecular flexibility index (Phi) is 5.42. The molecule has 0 saturated carbocycles. The Balaban J connectivity index is 1.99. The maximum Gasteiger partial charge on any atom is 0.273 e. The zero-order valence-electron chi connectivity index (χ0n) is 11.8. The highest BCUT2D eigenvalue weighted by Gasteiger charge is 2.14. The van der Waals surface area contributed by atoms with E-state index < -0.39 is 10.8 Å². The fourth-order valence-electron chi connectivity index (χ4n) is 1.83. The highest BCUT2D eigenvalue weighted by Crippen LogP contribution is 2.23. The first-order chi connectivity index (χ1) is 11.0. The van der Waals surface area contributed by atoms with Gasteiger partial charge in [0.2, 0.25) is 5.91 Å². The molecule has 8 heteroatoms. The molecular weight excluding hydrogens is 366 g/mol. The second kappa shape index (κ2) is 7.50. The number of hydrogen-bond acceptors (Lipinski definition) is 5. The van der Waals surface area contributed by atoms with Crippen LogP contribution in [0.4, 0.5) is 5.69 Å². The normalized spacial score (nSPS) is 10.7. The summed E-state index contributed by atoms with van der Waals surface area (Å²) in [5, 5.41) is 24.0. The van der Waals surface area contributed by atoms with Crippen LogP contribution >= 0.6 is 15.9 Å². The smallest absolute Gasteiger partial charge is 0.273 e. The monoisotopic (exact) mass is 377 g/mol. The minimum atomic E-state index is -0.528. The number of phenolic OH excluding ortho intramolecular Hbond substituents is 1. The van der Waals surface area contributed by atoms with Crippen molar-refractivity contribution in [3.8, 4) is 5.75 Å². The SMILES string of the molecule is O=C(Cc1ccccc1[N+](=O)[O-])NN=Cc1ccc(O)c(Br)c1. The number of nitro groups is 1. The fraction of sp³-hybridized carbons (Fsp3) is 0.0667. The van der Waals surface area contributed by atoms with Gasteiger partial charge in [-0.3, -0.25) is 14.9 Å². The molecule has 7 nitrogen and oxygen atoms in total. The van der Waals surface area contributed by atoms with Crippen LogP contribution in [0.25, 0.3) is 0 Å². The maximum absolute atomic E-state index is 11.8. The molecule has 2 N–H and O–H groups in total. The summed E-state index contributed by atoms with van der Waals surface area (Å²) in [4.78, 5) is 22.2. The van der Waals surface area contributed by atoms with Crippen LogP contribution in [0.5, 0.6) is 5.75 Å². The van der Waals surface area contributed by atoms with E-state index in [0.29, 0.717) is 15.6 Å². The fourth-order valence-corrected chi connectivity index (χ4v) is 2.23. The Bertz CT molecular complexity index is 777. The predicted molar refractivity (Wildman–Crippen MR) is 88.3 cm³/mol. The number of aromatic hydroxyl groups is 1. The summed E-state index contributed by atoms with van der Waals surface area (Å²) in [6, 6.07) is 10.8. The summed E-state index contributed by atoms with van der Waals surface area (Å²) >= 11 is 3.17. The van der Waals surface area contributed by atoms with Gasteiger partial charge >= 0.3 is 0 Å². The Labute approximate surface area is 139 Å². The number of benzene rings is 2. The lowest BCUT2D eigenvalue weighted by atomic mass is 10.1. The summed E-state index contributed by atoms with van der Waals surface area (Å²) in [6.07, 6.45) is 1.26. The van der Waals surface area contributed by atoms with Crippen molar-refractivity contribution in [1.29, 1.82) is 0 Å². The molecule has 0 spiro atoms. The number of nitro benzene ring substituents is 1. The molecule has 2 rings (SSSR count). The van der Waals surface area contributed by atoms with E-state index >= 15 is 0 Å². The van der Waals surface area contributed by atoms with Crippen LogP contribution in [-0.2, 0) is 11.2 Å². The van der Waals surface area contributed by atoms with E-state index in [2.05, 4.69) is 26.5 Å². The lowest BCUT2D eigenvalue weighted by molar-refractivity contribution is -0.385. The van der Waals surface area contributed by atoms with Gasteiger partial charge in [-0.2, -0.15) is 5.10 Å². The van der Waals surface area contributed by atoms with Crippen LogP contribution in [0.1, 0.15) is 11.1 Å². The van der Waals surface area contributed by atoms with Gasteiger partial charge in [0.15, 0.2) is 0 Å². The number of carbonyl (C=O) groups excluding carboxylic acids is 1. The van der Waals surface area contributed by atoms with Crippen molar-refractivity contribution in [3.63, 3.8) is 0 Å². The number of amides is 1. The maximum atomic E-state index is 11.8. The van der Waals surface area contributed by atoms with Gasteiger partial charge in [0.05, 0.1) is 22.0 Å². The van der Waals surface area contributed by atoms with Crippen molar-refractivity contribution >= 4 is 33.7 Å². The van der Waals surface area contributed by atoms with Crippen LogP contribution in [0.15, 0.2) is 52.0 Å². The number of hydrogen-bond donors (Lipinski definition) is 2. The summed E-state index contributed by atoms with van der Waals surface area (Å²) in [6.45, 7) is 0. The van der Waals surface area contributed by atoms with E-state index in [1.165, 1.54) is 24.4 Å². The third-order valence-corrected chi connectivity index (χ3v) is 3.55. The summed E-state index contributed by atoms with van der Waals surface area (Å²) in [5.74, 6) is -0.365. The van der Waals surface area contributed by atoms with Gasteiger partial charge in [0, 0.05) is 11.6 Å². The lowest BCUT2D eigenvalue weighted by Gasteiger charge is -2.02. The van der Waals surface area contributed by atoms with Gasteiger partial charge in [-0.05, 0) is 39.7 Å². The minimum Gasteiger partial charge on any atom is -0.507 e. The first-order valence-corrected chi connectivity index (χ1v) is 7.29. The van der Waals surface area contributed by atoms with Crippen LogP contribution < -0.4 is 5.43 Å². The molecule has 0 unspecified atom stereocenters. The summed E-state index contributed by atoms with van der Waals surface area (Å²) in [7, 11) is 0. The molecule has 0 bridgehead atoms. The Morgan fingerprint density at radius 2 is 2.09 bits per heavy atom. The quantitative estimate of drug-likeness (QED) is 0.474. The van der Waals surface area contributed by atoms with E-state index in [1.807, 2.05) is 0 Å². The van der Waals surface area contributed by atoms with Gasteiger partial charge in [-0.1, -0.05) is 18.2 Å². The van der Waals surface area contributed by atoms with Crippen LogP contribution in [0, 0.1) is 10.1 Å². The first kappa shape index (κ1) is 16.6. The molecular formula is C15H12BrN3O4. The van der Waals surface area contributed by atoms with Crippen molar-refractivity contribution in [2.45, 2.75) is 6.42 Å². The predicted octanol–water partition coefficient (Wildman–Crippen LogP) is 2.76. The number of nitrogens with one attached hydrogen (secondary N) is 1. The van der Waals surface area contributed by atoms with Gasteiger partial charge < -0.3 is 5.11 Å². The average Bonchev–Trinajstić information content (AvgIpc) is 2.51. The van der Waals surface area contributed by atoms with Crippen molar-refractivity contribution in [1.82, 2.24) is 5.43 Å². The molecule has 0 heterocycles. The number of nitrogens with zero attached hydrogens (tertiary/aromatic N) is 2. The number of carbonyl (C=O) groups is 1. The molecule has 0 saturated heterocycles. The largest absolute Gasteiger partial charge is 0.507 e. The Morgan fingerprint density at radius 1 is 1.35 bits per heavy atom.